The Hall–Kier alpha value is -2.58. The van der Waals surface area contributed by atoms with E-state index in [1.807, 2.05) is 0 Å². The summed E-state index contributed by atoms with van der Waals surface area (Å²) in [5.41, 5.74) is 1.94. The lowest BCUT2D eigenvalue weighted by Gasteiger charge is -2.10. The van der Waals surface area contributed by atoms with Crippen LogP contribution in [-0.4, -0.2) is 28.8 Å². The lowest BCUT2D eigenvalue weighted by atomic mass is 10.1. The molecule has 0 saturated heterocycles. The Balaban J connectivity index is 1.88. The first-order chi connectivity index (χ1) is 11.2. The molecular formula is C15H16F3N3O3. The van der Waals surface area contributed by atoms with E-state index in [1.54, 1.807) is 19.9 Å². The smallest absolute Gasteiger partial charge is 0.422 e. The quantitative estimate of drug-likeness (QED) is 0.872. The van der Waals surface area contributed by atoms with E-state index < -0.39 is 12.8 Å². The minimum Gasteiger partial charge on any atom is -0.468 e. The van der Waals surface area contributed by atoms with Crippen LogP contribution in [0.15, 0.2) is 22.9 Å². The maximum absolute atomic E-state index is 12.1. The van der Waals surface area contributed by atoms with Crippen LogP contribution in [0.5, 0.6) is 5.88 Å². The van der Waals surface area contributed by atoms with Gasteiger partial charge in [0.1, 0.15) is 5.76 Å². The predicted molar refractivity (Wildman–Crippen MR) is 77.3 cm³/mol. The molecule has 0 bridgehead atoms. The van der Waals surface area contributed by atoms with Crippen molar-refractivity contribution in [3.63, 3.8) is 0 Å². The third-order valence-corrected chi connectivity index (χ3v) is 3.19. The Kier molecular flexibility index (Phi) is 5.42. The van der Waals surface area contributed by atoms with Crippen LogP contribution >= 0.6 is 0 Å². The Morgan fingerprint density at radius 1 is 1.38 bits per heavy atom. The van der Waals surface area contributed by atoms with Gasteiger partial charge in [0, 0.05) is 24.4 Å². The molecule has 0 spiro atoms. The minimum absolute atomic E-state index is 0.115. The Morgan fingerprint density at radius 3 is 2.75 bits per heavy atom. The largest absolute Gasteiger partial charge is 0.468 e. The zero-order valence-electron chi connectivity index (χ0n) is 13.1. The van der Waals surface area contributed by atoms with Crippen molar-refractivity contribution in [2.45, 2.75) is 33.0 Å². The first kappa shape index (κ1) is 17.8. The Bertz CT molecular complexity index is 694. The first-order valence-electron chi connectivity index (χ1n) is 7.07. The molecule has 0 radical (unpaired) electrons. The van der Waals surface area contributed by atoms with E-state index in [0.29, 0.717) is 17.0 Å². The number of hydrogen-bond acceptors (Lipinski definition) is 5. The number of pyridine rings is 1. The van der Waals surface area contributed by atoms with Gasteiger partial charge in [0.25, 0.3) is 0 Å². The van der Waals surface area contributed by atoms with Gasteiger partial charge < -0.3 is 14.6 Å². The summed E-state index contributed by atoms with van der Waals surface area (Å²) in [6, 6.07) is 2.93. The molecule has 1 N–H and O–H groups in total. The van der Waals surface area contributed by atoms with Crippen molar-refractivity contribution in [3.05, 3.63) is 40.9 Å². The zero-order valence-corrected chi connectivity index (χ0v) is 13.1. The number of aromatic nitrogens is 2. The molecule has 0 saturated carbocycles. The summed E-state index contributed by atoms with van der Waals surface area (Å²) in [7, 11) is 0. The second-order valence-electron chi connectivity index (χ2n) is 5.16. The van der Waals surface area contributed by atoms with Crippen LogP contribution in [0.25, 0.3) is 0 Å². The molecule has 130 valence electrons. The predicted octanol–water partition coefficient (Wildman–Crippen LogP) is 2.49. The van der Waals surface area contributed by atoms with Gasteiger partial charge in [0.15, 0.2) is 6.61 Å². The van der Waals surface area contributed by atoms with Crippen molar-refractivity contribution in [1.82, 2.24) is 15.5 Å². The van der Waals surface area contributed by atoms with E-state index in [2.05, 4.69) is 20.2 Å². The van der Waals surface area contributed by atoms with Gasteiger partial charge in [0.2, 0.25) is 11.8 Å². The number of halogens is 3. The van der Waals surface area contributed by atoms with Crippen LogP contribution in [0.3, 0.4) is 0 Å². The standard InChI is InChI=1S/C15H16F3N3O3/c1-9-12(10(2)24-21-9)6-13(22)20-7-11-3-4-19-14(5-11)23-8-15(16,17)18/h3-5H,6-8H2,1-2H3,(H,20,22). The van der Waals surface area contributed by atoms with Crippen LogP contribution in [0.1, 0.15) is 22.6 Å². The molecule has 6 nitrogen and oxygen atoms in total. The highest BCUT2D eigenvalue weighted by Gasteiger charge is 2.28. The second kappa shape index (κ2) is 7.33. The lowest BCUT2D eigenvalue weighted by Crippen LogP contribution is -2.25. The maximum atomic E-state index is 12.1. The SMILES string of the molecule is Cc1noc(C)c1CC(=O)NCc1ccnc(OCC(F)(F)F)c1. The molecule has 2 aromatic heterocycles. The van der Waals surface area contributed by atoms with Crippen molar-refractivity contribution in [3.8, 4) is 5.88 Å². The monoisotopic (exact) mass is 343 g/mol. The molecule has 2 rings (SSSR count). The van der Waals surface area contributed by atoms with Crippen LogP contribution in [-0.2, 0) is 17.8 Å². The molecular weight excluding hydrogens is 327 g/mol. The van der Waals surface area contributed by atoms with Gasteiger partial charge in [-0.1, -0.05) is 5.16 Å². The lowest BCUT2D eigenvalue weighted by molar-refractivity contribution is -0.154. The summed E-state index contributed by atoms with van der Waals surface area (Å²) in [6.07, 6.45) is -2.99. The van der Waals surface area contributed by atoms with Gasteiger partial charge in [-0.05, 0) is 25.5 Å². The maximum Gasteiger partial charge on any atom is 0.422 e. The number of hydrogen-bond donors (Lipinski definition) is 1. The molecule has 24 heavy (non-hydrogen) atoms. The average Bonchev–Trinajstić information content (AvgIpc) is 2.83. The fourth-order valence-electron chi connectivity index (χ4n) is 1.97. The second-order valence-corrected chi connectivity index (χ2v) is 5.16. The molecule has 0 atom stereocenters. The molecule has 9 heteroatoms. The molecule has 0 aliphatic carbocycles. The Morgan fingerprint density at radius 2 is 2.12 bits per heavy atom. The van der Waals surface area contributed by atoms with Gasteiger partial charge in [-0.3, -0.25) is 4.79 Å². The highest BCUT2D eigenvalue weighted by molar-refractivity contribution is 5.78. The van der Waals surface area contributed by atoms with Crippen LogP contribution < -0.4 is 10.1 Å². The number of rotatable bonds is 6. The highest BCUT2D eigenvalue weighted by atomic mass is 19.4. The van der Waals surface area contributed by atoms with Crippen molar-refractivity contribution < 1.29 is 27.2 Å². The van der Waals surface area contributed by atoms with Crippen LogP contribution in [0.2, 0.25) is 0 Å². The number of nitrogens with one attached hydrogen (secondary N) is 1. The molecule has 0 aromatic carbocycles. The van der Waals surface area contributed by atoms with E-state index >= 15 is 0 Å². The van der Waals surface area contributed by atoms with E-state index in [9.17, 15) is 18.0 Å². The fourth-order valence-corrected chi connectivity index (χ4v) is 1.97. The summed E-state index contributed by atoms with van der Waals surface area (Å²) >= 11 is 0. The molecule has 2 aromatic rings. The van der Waals surface area contributed by atoms with Gasteiger partial charge in [-0.15, -0.1) is 0 Å². The first-order valence-corrected chi connectivity index (χ1v) is 7.07. The number of carbonyl (C=O) groups excluding carboxylic acids is 1. The summed E-state index contributed by atoms with van der Waals surface area (Å²) < 4.78 is 45.9. The van der Waals surface area contributed by atoms with Crippen molar-refractivity contribution in [1.29, 1.82) is 0 Å². The number of amides is 1. The van der Waals surface area contributed by atoms with E-state index in [1.165, 1.54) is 12.3 Å². The third kappa shape index (κ3) is 5.25. The summed E-state index contributed by atoms with van der Waals surface area (Å²) in [4.78, 5) is 15.7. The summed E-state index contributed by atoms with van der Waals surface area (Å²) in [5.74, 6) is 0.179. The fraction of sp³-hybridized carbons (Fsp3) is 0.400. The normalized spacial score (nSPS) is 11.4. The zero-order chi connectivity index (χ0) is 17.7. The summed E-state index contributed by atoms with van der Waals surface area (Å²) in [6.45, 7) is 2.19. The number of carbonyl (C=O) groups is 1. The van der Waals surface area contributed by atoms with E-state index in [0.717, 1.165) is 5.56 Å². The van der Waals surface area contributed by atoms with Gasteiger partial charge >= 0.3 is 6.18 Å². The molecule has 2 heterocycles. The van der Waals surface area contributed by atoms with Gasteiger partial charge in [0.05, 0.1) is 12.1 Å². The molecule has 0 fully saturated rings. The van der Waals surface area contributed by atoms with Crippen molar-refractivity contribution in [2.75, 3.05) is 6.61 Å². The summed E-state index contributed by atoms with van der Waals surface area (Å²) in [5, 5.41) is 6.44. The number of aryl methyl sites for hydroxylation is 2. The van der Waals surface area contributed by atoms with Gasteiger partial charge in [-0.2, -0.15) is 13.2 Å². The van der Waals surface area contributed by atoms with Crippen molar-refractivity contribution in [2.24, 2.45) is 0 Å². The van der Waals surface area contributed by atoms with Gasteiger partial charge in [-0.25, -0.2) is 4.98 Å². The molecule has 0 aliphatic rings. The third-order valence-electron chi connectivity index (χ3n) is 3.19. The molecule has 0 aliphatic heterocycles. The van der Waals surface area contributed by atoms with Crippen molar-refractivity contribution >= 4 is 5.91 Å². The number of ether oxygens (including phenoxy) is 1. The minimum atomic E-state index is -4.43. The molecule has 1 amide bonds. The van der Waals surface area contributed by atoms with Crippen LogP contribution in [0, 0.1) is 13.8 Å². The number of alkyl halides is 3. The van der Waals surface area contributed by atoms with E-state index in [-0.39, 0.29) is 24.8 Å². The average molecular weight is 343 g/mol. The van der Waals surface area contributed by atoms with Crippen LogP contribution in [0.4, 0.5) is 13.2 Å². The van der Waals surface area contributed by atoms with E-state index in [4.69, 9.17) is 4.52 Å². The topological polar surface area (TPSA) is 77.3 Å². The highest BCUT2D eigenvalue weighted by Crippen LogP contribution is 2.17. The number of nitrogens with zero attached hydrogens (tertiary/aromatic N) is 2. The Labute approximate surface area is 136 Å². The molecule has 0 unspecified atom stereocenters.